The molecule has 74 valence electrons. The van der Waals surface area contributed by atoms with Gasteiger partial charge >= 0.3 is 0 Å². The highest BCUT2D eigenvalue weighted by Gasteiger charge is 2.14. The average molecular weight is 220 g/mol. The third-order valence-corrected chi connectivity index (χ3v) is 14.1. The van der Waals surface area contributed by atoms with Crippen molar-refractivity contribution >= 4 is 27.4 Å². The van der Waals surface area contributed by atoms with Crippen LogP contribution in [0.4, 0.5) is 0 Å². The molecular weight excluding hydrogens is 194 g/mol. The van der Waals surface area contributed by atoms with Crippen LogP contribution < -0.4 is 0 Å². The van der Waals surface area contributed by atoms with Crippen LogP contribution >= 0.6 is 0 Å². The van der Waals surface area contributed by atoms with Gasteiger partial charge in [0.15, 0.2) is 0 Å². The summed E-state index contributed by atoms with van der Waals surface area (Å²) in [5.41, 5.74) is 1.63. The van der Waals surface area contributed by atoms with E-state index in [4.69, 9.17) is 0 Å². The molecule has 0 aromatic carbocycles. The second-order valence-electron chi connectivity index (χ2n) is 4.61. The fraction of sp³-hybridized carbons (Fsp3) is 1.00. The highest BCUT2D eigenvalue weighted by atomic mass is 28.3. The zero-order chi connectivity index (χ0) is 9.72. The first-order valence-corrected chi connectivity index (χ1v) is 12.8. The quantitative estimate of drug-likeness (QED) is 0.629. The molecule has 0 aliphatic rings. The van der Waals surface area contributed by atoms with E-state index in [1.165, 1.54) is 0 Å². The molecule has 0 aromatic rings. The molecule has 0 spiro atoms. The van der Waals surface area contributed by atoms with Crippen molar-refractivity contribution in [2.45, 2.75) is 51.7 Å². The number of rotatable bonds is 5. The van der Waals surface area contributed by atoms with Gasteiger partial charge < -0.3 is 4.23 Å². The molecule has 0 heterocycles. The van der Waals surface area contributed by atoms with Gasteiger partial charge in [0.25, 0.3) is 0 Å². The molecule has 0 radical (unpaired) electrons. The molecule has 0 aliphatic heterocycles. The summed E-state index contributed by atoms with van der Waals surface area (Å²) in [6.45, 7) is 14.6. The summed E-state index contributed by atoms with van der Waals surface area (Å²) in [4.78, 5) is 0. The summed E-state index contributed by atoms with van der Waals surface area (Å²) in [5.74, 6) is 0. The number of nitrogens with zero attached hydrogens (tertiary/aromatic N) is 1. The van der Waals surface area contributed by atoms with Crippen molar-refractivity contribution in [2.75, 3.05) is 0 Å². The molecule has 1 nitrogen and oxygen atoms in total. The summed E-state index contributed by atoms with van der Waals surface area (Å²) in [6.07, 6.45) is 0. The molecule has 0 rings (SSSR count). The van der Waals surface area contributed by atoms with Crippen molar-refractivity contribution in [1.82, 2.24) is 4.23 Å². The summed E-state index contributed by atoms with van der Waals surface area (Å²) >= 11 is 0. The maximum atomic E-state index is 2.87. The highest BCUT2D eigenvalue weighted by Crippen LogP contribution is 2.03. The van der Waals surface area contributed by atoms with Gasteiger partial charge in [-0.05, 0) is 6.04 Å². The van der Waals surface area contributed by atoms with Gasteiger partial charge in [-0.15, -0.1) is 0 Å². The minimum Gasteiger partial charge on any atom is -0.351 e. The summed E-state index contributed by atoms with van der Waals surface area (Å²) < 4.78 is 2.87. The lowest BCUT2D eigenvalue weighted by atomic mass is 10.4. The van der Waals surface area contributed by atoms with Gasteiger partial charge in [0.05, 0.1) is 18.6 Å². The fourth-order valence-electron chi connectivity index (χ4n) is 1.52. The van der Waals surface area contributed by atoms with E-state index >= 15 is 0 Å². The summed E-state index contributed by atoms with van der Waals surface area (Å²) in [5, 5.41) is 0. The standard InChI is InChI=1S/C8H25NSi3/c1-8(2)9(12(5)6)10-7-11(3)4/h8,11-12H,7,10H2,1-6H3. The van der Waals surface area contributed by atoms with Gasteiger partial charge in [-0.25, -0.2) is 0 Å². The summed E-state index contributed by atoms with van der Waals surface area (Å²) in [6, 6.07) is 0.830. The summed E-state index contributed by atoms with van der Waals surface area (Å²) in [7, 11) is -0.612. The van der Waals surface area contributed by atoms with Crippen LogP contribution in [0.5, 0.6) is 0 Å². The van der Waals surface area contributed by atoms with Crippen molar-refractivity contribution in [3.8, 4) is 0 Å². The maximum Gasteiger partial charge on any atom is 0.0980 e. The minimum atomic E-state index is -0.485. The van der Waals surface area contributed by atoms with E-state index in [-0.39, 0.29) is 18.5 Å². The minimum absolute atomic E-state index is 0.140. The molecule has 0 fully saturated rings. The predicted octanol–water partition coefficient (Wildman–Crippen LogP) is 1.21. The van der Waals surface area contributed by atoms with Crippen molar-refractivity contribution < 1.29 is 0 Å². The first-order valence-electron chi connectivity index (χ1n) is 5.20. The van der Waals surface area contributed by atoms with Crippen LogP contribution in [0.15, 0.2) is 0 Å². The number of hydrogen-bond acceptors (Lipinski definition) is 1. The van der Waals surface area contributed by atoms with Gasteiger partial charge in [-0.1, -0.05) is 45.7 Å². The number of hydrogen-bond donors (Lipinski definition) is 0. The molecule has 0 unspecified atom stereocenters. The van der Waals surface area contributed by atoms with E-state index in [1.807, 2.05) is 0 Å². The molecule has 12 heavy (non-hydrogen) atoms. The Morgan fingerprint density at radius 3 is 1.92 bits per heavy atom. The van der Waals surface area contributed by atoms with Crippen molar-refractivity contribution in [2.24, 2.45) is 0 Å². The Kier molecular flexibility index (Phi) is 6.44. The zero-order valence-electron chi connectivity index (χ0n) is 9.59. The predicted molar refractivity (Wildman–Crippen MR) is 68.1 cm³/mol. The monoisotopic (exact) mass is 219 g/mol. The third kappa shape index (κ3) is 5.29. The lowest BCUT2D eigenvalue weighted by Crippen LogP contribution is -2.43. The van der Waals surface area contributed by atoms with Crippen LogP contribution in [0.3, 0.4) is 0 Å². The first-order chi connectivity index (χ1) is 5.45. The molecular formula is C8H25NSi3. The Morgan fingerprint density at radius 2 is 1.67 bits per heavy atom. The zero-order valence-corrected chi connectivity index (χ0v) is 13.3. The molecule has 0 aromatic heterocycles. The Hall–Kier alpha value is 0.611. The molecule has 0 saturated carbocycles. The van der Waals surface area contributed by atoms with Crippen molar-refractivity contribution in [3.63, 3.8) is 0 Å². The van der Waals surface area contributed by atoms with E-state index in [1.54, 1.807) is 5.67 Å². The lowest BCUT2D eigenvalue weighted by Gasteiger charge is -2.30. The van der Waals surface area contributed by atoms with Crippen LogP contribution in [0.2, 0.25) is 31.9 Å². The van der Waals surface area contributed by atoms with E-state index in [0.29, 0.717) is 0 Å². The smallest absolute Gasteiger partial charge is 0.0980 e. The van der Waals surface area contributed by atoms with Gasteiger partial charge in [0.2, 0.25) is 0 Å². The first kappa shape index (κ1) is 12.6. The van der Waals surface area contributed by atoms with E-state index in [9.17, 15) is 0 Å². The van der Waals surface area contributed by atoms with Gasteiger partial charge in [0, 0.05) is 8.80 Å². The van der Waals surface area contributed by atoms with Gasteiger partial charge in [0.1, 0.15) is 0 Å². The van der Waals surface area contributed by atoms with Gasteiger partial charge in [-0.2, -0.15) is 0 Å². The largest absolute Gasteiger partial charge is 0.351 e. The van der Waals surface area contributed by atoms with Crippen molar-refractivity contribution in [1.29, 1.82) is 0 Å². The maximum absolute atomic E-state index is 2.87. The van der Waals surface area contributed by atoms with Crippen LogP contribution in [-0.2, 0) is 0 Å². The SMILES string of the molecule is CC(C)N([SiH2]C[SiH](C)C)[SiH](C)C. The van der Waals surface area contributed by atoms with E-state index in [0.717, 1.165) is 6.04 Å². The van der Waals surface area contributed by atoms with Crippen LogP contribution in [0, 0.1) is 0 Å². The van der Waals surface area contributed by atoms with Gasteiger partial charge in [-0.3, -0.25) is 0 Å². The van der Waals surface area contributed by atoms with E-state index in [2.05, 4.69) is 44.3 Å². The molecule has 0 atom stereocenters. The Balaban J connectivity index is 3.80. The third-order valence-electron chi connectivity index (χ3n) is 2.29. The molecule has 0 saturated heterocycles. The second kappa shape index (κ2) is 6.12. The second-order valence-corrected chi connectivity index (χ2v) is 14.5. The topological polar surface area (TPSA) is 3.24 Å². The van der Waals surface area contributed by atoms with Crippen LogP contribution in [0.1, 0.15) is 13.8 Å². The Bertz CT molecular complexity index is 107. The normalized spacial score (nSPS) is 13.5. The average Bonchev–Trinajstić information content (AvgIpc) is 1.84. The highest BCUT2D eigenvalue weighted by molar-refractivity contribution is 6.72. The fourth-order valence-corrected chi connectivity index (χ4v) is 9.89. The molecule has 0 N–H and O–H groups in total. The Morgan fingerprint density at radius 1 is 1.17 bits per heavy atom. The Labute approximate surface area is 83.7 Å². The lowest BCUT2D eigenvalue weighted by molar-refractivity contribution is 0.541. The van der Waals surface area contributed by atoms with E-state index < -0.39 is 8.96 Å². The molecule has 0 bridgehead atoms. The molecule has 0 amide bonds. The molecule has 4 heteroatoms. The van der Waals surface area contributed by atoms with Crippen LogP contribution in [0.25, 0.3) is 0 Å². The van der Waals surface area contributed by atoms with Crippen LogP contribution in [-0.4, -0.2) is 37.7 Å². The molecule has 0 aliphatic carbocycles. The van der Waals surface area contributed by atoms with Crippen molar-refractivity contribution in [3.05, 3.63) is 0 Å².